The maximum Gasteiger partial charge on any atom is 0.263 e. The molecule has 0 aliphatic carbocycles. The van der Waals surface area contributed by atoms with Crippen molar-refractivity contribution in [2.24, 2.45) is 0 Å². The Labute approximate surface area is 35.6 Å². The molecule has 0 aliphatic heterocycles. The Hall–Kier alpha value is -0.790. The Morgan fingerprint density at radius 3 is 1.67 bits per heavy atom. The molecule has 3 nitrogen and oxygen atoms in total. The second-order valence-electron chi connectivity index (χ2n) is 0.553. The van der Waals surface area contributed by atoms with Crippen molar-refractivity contribution < 1.29 is 4.57 Å². The van der Waals surface area contributed by atoms with Crippen LogP contribution in [0.1, 0.15) is 0 Å². The molecule has 0 amide bonds. The van der Waals surface area contributed by atoms with Gasteiger partial charge in [0.15, 0.2) is 0 Å². The summed E-state index contributed by atoms with van der Waals surface area (Å²) < 4.78 is 9.64. The van der Waals surface area contributed by atoms with Gasteiger partial charge < -0.3 is 0 Å². The van der Waals surface area contributed by atoms with Crippen LogP contribution >= 0.6 is 7.80 Å². The summed E-state index contributed by atoms with van der Waals surface area (Å²) in [6.45, 7) is 0. The molecule has 0 radical (unpaired) electrons. The summed E-state index contributed by atoms with van der Waals surface area (Å²) in [5, 5.41) is 15.2. The van der Waals surface area contributed by atoms with Crippen molar-refractivity contribution >= 4 is 7.80 Å². The van der Waals surface area contributed by atoms with Gasteiger partial charge in [-0.15, -0.1) is 0 Å². The molecule has 0 saturated carbocycles. The Morgan fingerprint density at radius 2 is 1.67 bits per heavy atom. The first-order valence-electron chi connectivity index (χ1n) is 1.15. The second-order valence-corrected chi connectivity index (χ2v) is 1.66. The number of nitrogens with zero attached hydrogens (tertiary/aromatic N) is 2. The van der Waals surface area contributed by atoms with Gasteiger partial charge in [0.25, 0.3) is 7.80 Å². The second kappa shape index (κ2) is 2.45. The average Bonchev–Trinajstić information content (AvgIpc) is 1.65. The molecule has 0 aliphatic rings. The van der Waals surface area contributed by atoms with E-state index in [-0.39, 0.29) is 0 Å². The van der Waals surface area contributed by atoms with E-state index in [1.54, 1.807) is 0 Å². The molecule has 0 saturated heterocycles. The molecule has 0 rings (SSSR count). The van der Waals surface area contributed by atoms with Crippen LogP contribution in [0.2, 0.25) is 0 Å². The first-order chi connectivity index (χ1) is 2.81. The standard InChI is InChI=1S/C2HN2OP/c3-1-6(5)2-4/h6H. The predicted molar refractivity (Wildman–Crippen MR) is 20.2 cm³/mol. The third-order valence-corrected chi connectivity index (χ3v) is 0.609. The SMILES string of the molecule is N#C[PH](=O)C#N. The fourth-order valence-corrected chi connectivity index (χ4v) is 0.0750. The van der Waals surface area contributed by atoms with Gasteiger partial charge in [-0.3, -0.25) is 4.57 Å². The molecule has 0 aromatic heterocycles. The minimum atomic E-state index is -2.51. The van der Waals surface area contributed by atoms with E-state index in [0.29, 0.717) is 0 Å². The van der Waals surface area contributed by atoms with Crippen LogP contribution in [0.4, 0.5) is 0 Å². The first kappa shape index (κ1) is 5.21. The van der Waals surface area contributed by atoms with Gasteiger partial charge in [0.1, 0.15) is 11.6 Å². The van der Waals surface area contributed by atoms with Crippen molar-refractivity contribution in [2.45, 2.75) is 0 Å². The van der Waals surface area contributed by atoms with Crippen molar-refractivity contribution in [3.05, 3.63) is 0 Å². The van der Waals surface area contributed by atoms with Crippen LogP contribution < -0.4 is 0 Å². The number of rotatable bonds is 0. The molecule has 6 heavy (non-hydrogen) atoms. The minimum absolute atomic E-state index is 1.30. The summed E-state index contributed by atoms with van der Waals surface area (Å²) >= 11 is 0. The Morgan fingerprint density at radius 1 is 1.33 bits per heavy atom. The molecular formula is C2HN2OP. The third-order valence-electron chi connectivity index (χ3n) is 0.203. The summed E-state index contributed by atoms with van der Waals surface area (Å²) in [7, 11) is -2.51. The fourth-order valence-electron chi connectivity index (χ4n) is 0.0250. The molecule has 30 valence electrons. The lowest BCUT2D eigenvalue weighted by atomic mass is 11.8. The quantitative estimate of drug-likeness (QED) is 0.416. The number of nitriles is 2. The van der Waals surface area contributed by atoms with Gasteiger partial charge in [-0.2, -0.15) is 10.5 Å². The molecule has 0 aromatic carbocycles. The Bertz CT molecular complexity index is 123. The summed E-state index contributed by atoms with van der Waals surface area (Å²) in [5.41, 5.74) is 0. The van der Waals surface area contributed by atoms with Crippen molar-refractivity contribution in [1.29, 1.82) is 10.5 Å². The van der Waals surface area contributed by atoms with Crippen molar-refractivity contribution in [3.63, 3.8) is 0 Å². The molecular weight excluding hydrogens is 99.0 g/mol. The van der Waals surface area contributed by atoms with Crippen LogP contribution in [0, 0.1) is 22.1 Å². The molecule has 0 heterocycles. The van der Waals surface area contributed by atoms with Gasteiger partial charge in [0.2, 0.25) is 0 Å². The van der Waals surface area contributed by atoms with Gasteiger partial charge in [-0.1, -0.05) is 0 Å². The molecule has 0 N–H and O–H groups in total. The van der Waals surface area contributed by atoms with Gasteiger partial charge in [-0.05, 0) is 0 Å². The first-order valence-corrected chi connectivity index (χ1v) is 2.56. The van der Waals surface area contributed by atoms with Crippen LogP contribution in [-0.4, -0.2) is 0 Å². The zero-order valence-corrected chi connectivity index (χ0v) is 3.80. The normalized spacial score (nSPS) is 6.50. The average molecular weight is 100 g/mol. The van der Waals surface area contributed by atoms with Gasteiger partial charge in [0, 0.05) is 0 Å². The van der Waals surface area contributed by atoms with Gasteiger partial charge in [0.05, 0.1) is 0 Å². The highest BCUT2D eigenvalue weighted by Crippen LogP contribution is 2.11. The maximum absolute atomic E-state index is 9.64. The lowest BCUT2D eigenvalue weighted by Crippen LogP contribution is -1.35. The van der Waals surface area contributed by atoms with Crippen molar-refractivity contribution in [3.8, 4) is 11.6 Å². The van der Waals surface area contributed by atoms with E-state index in [0.717, 1.165) is 0 Å². The molecule has 0 atom stereocenters. The highest BCUT2D eigenvalue weighted by molar-refractivity contribution is 7.55. The molecule has 0 fully saturated rings. The van der Waals surface area contributed by atoms with E-state index >= 15 is 0 Å². The van der Waals surface area contributed by atoms with E-state index in [2.05, 4.69) is 0 Å². The smallest absolute Gasteiger partial charge is 0.263 e. The lowest BCUT2D eigenvalue weighted by Gasteiger charge is -1.54. The summed E-state index contributed by atoms with van der Waals surface area (Å²) in [6, 6.07) is 0. The van der Waals surface area contributed by atoms with Crippen LogP contribution in [-0.2, 0) is 4.57 Å². The number of hydrogen-bond acceptors (Lipinski definition) is 3. The molecule has 0 bridgehead atoms. The van der Waals surface area contributed by atoms with Crippen LogP contribution in [0.15, 0.2) is 0 Å². The third kappa shape index (κ3) is 1.52. The lowest BCUT2D eigenvalue weighted by molar-refractivity contribution is 0.598. The minimum Gasteiger partial charge on any atom is -0.295 e. The molecule has 0 aromatic rings. The maximum atomic E-state index is 9.64. The van der Waals surface area contributed by atoms with Crippen molar-refractivity contribution in [2.75, 3.05) is 0 Å². The van der Waals surface area contributed by atoms with Gasteiger partial charge in [-0.25, -0.2) is 0 Å². The largest absolute Gasteiger partial charge is 0.295 e. The van der Waals surface area contributed by atoms with Crippen LogP contribution in [0.5, 0.6) is 0 Å². The molecule has 4 heteroatoms. The van der Waals surface area contributed by atoms with Crippen LogP contribution in [0.25, 0.3) is 0 Å². The Balaban J connectivity index is 3.75. The highest BCUT2D eigenvalue weighted by atomic mass is 31.1. The zero-order chi connectivity index (χ0) is 4.99. The van der Waals surface area contributed by atoms with E-state index in [4.69, 9.17) is 10.5 Å². The fraction of sp³-hybridized carbons (Fsp3) is 0. The molecule has 0 spiro atoms. The monoisotopic (exact) mass is 100.0 g/mol. The highest BCUT2D eigenvalue weighted by Gasteiger charge is 1.82. The van der Waals surface area contributed by atoms with E-state index in [1.165, 1.54) is 11.6 Å². The summed E-state index contributed by atoms with van der Waals surface area (Å²) in [6.07, 6.45) is 0. The van der Waals surface area contributed by atoms with E-state index in [9.17, 15) is 4.57 Å². The topological polar surface area (TPSA) is 64.7 Å². The Kier molecular flexibility index (Phi) is 2.13. The van der Waals surface area contributed by atoms with E-state index in [1.807, 2.05) is 0 Å². The summed E-state index contributed by atoms with van der Waals surface area (Å²) in [4.78, 5) is 0. The van der Waals surface area contributed by atoms with Gasteiger partial charge >= 0.3 is 0 Å². The van der Waals surface area contributed by atoms with E-state index < -0.39 is 7.80 Å². The predicted octanol–water partition coefficient (Wildman–Crippen LogP) is 0.508. The zero-order valence-electron chi connectivity index (χ0n) is 2.80. The van der Waals surface area contributed by atoms with Crippen LogP contribution in [0.3, 0.4) is 0 Å². The summed E-state index contributed by atoms with van der Waals surface area (Å²) in [5.74, 6) is 2.60. The number of hydrogen-bond donors (Lipinski definition) is 0. The molecule has 0 unspecified atom stereocenters. The van der Waals surface area contributed by atoms with Crippen molar-refractivity contribution in [1.82, 2.24) is 0 Å².